The Morgan fingerprint density at radius 3 is 2.57 bits per heavy atom. The average molecular weight is 420 g/mol. The topological polar surface area (TPSA) is 94.3 Å². The second-order valence-electron chi connectivity index (χ2n) is 6.75. The van der Waals surface area contributed by atoms with Gasteiger partial charge in [0.05, 0.1) is 23.7 Å². The van der Waals surface area contributed by atoms with Gasteiger partial charge in [0, 0.05) is 39.1 Å². The summed E-state index contributed by atoms with van der Waals surface area (Å²) in [5.41, 5.74) is -1.06. The number of nitrogens with zero attached hydrogens (tertiary/aromatic N) is 5. The zero-order chi connectivity index (χ0) is 22.1. The van der Waals surface area contributed by atoms with Crippen molar-refractivity contribution in [3.63, 3.8) is 0 Å². The van der Waals surface area contributed by atoms with Crippen molar-refractivity contribution in [2.45, 2.75) is 12.2 Å². The first-order valence-electron chi connectivity index (χ1n) is 9.04. The number of rotatable bonds is 3. The Kier molecular flexibility index (Phi) is 5.69. The third kappa shape index (κ3) is 3.94. The molecule has 30 heavy (non-hydrogen) atoms. The molecule has 2 amide bonds. The maximum absolute atomic E-state index is 13.4. The monoisotopic (exact) mass is 420 g/mol. The number of piperazine rings is 1. The number of halogens is 3. The molecule has 1 aliphatic rings. The molecule has 1 aliphatic heterocycles. The summed E-state index contributed by atoms with van der Waals surface area (Å²) >= 11 is 0. The molecule has 1 unspecified atom stereocenters. The Morgan fingerprint density at radius 2 is 2.00 bits per heavy atom. The van der Waals surface area contributed by atoms with E-state index in [1.807, 2.05) is 0 Å². The van der Waals surface area contributed by atoms with Gasteiger partial charge in [0.2, 0.25) is 5.91 Å². The first kappa shape index (κ1) is 21.2. The van der Waals surface area contributed by atoms with E-state index in [1.54, 1.807) is 19.2 Å². The van der Waals surface area contributed by atoms with Gasteiger partial charge in [-0.1, -0.05) is 0 Å². The van der Waals surface area contributed by atoms with Crippen LogP contribution in [0.5, 0.6) is 0 Å². The van der Waals surface area contributed by atoms with Gasteiger partial charge in [-0.05, 0) is 24.3 Å². The van der Waals surface area contributed by atoms with Crippen LogP contribution in [0.25, 0.3) is 0 Å². The quantitative estimate of drug-likeness (QED) is 0.810. The normalized spacial score (nSPS) is 16.9. The number of amides is 2. The van der Waals surface area contributed by atoms with Crippen molar-refractivity contribution < 1.29 is 22.8 Å². The van der Waals surface area contributed by atoms with Crippen LogP contribution in [0.15, 0.2) is 30.5 Å². The summed E-state index contributed by atoms with van der Waals surface area (Å²) < 4.78 is 41.5. The lowest BCUT2D eigenvalue weighted by molar-refractivity contribution is -0.137. The van der Waals surface area contributed by atoms with Gasteiger partial charge in [-0.3, -0.25) is 14.3 Å². The Morgan fingerprint density at radius 1 is 1.27 bits per heavy atom. The van der Waals surface area contributed by atoms with E-state index in [4.69, 9.17) is 5.26 Å². The van der Waals surface area contributed by atoms with Crippen LogP contribution < -0.4 is 10.2 Å². The van der Waals surface area contributed by atoms with E-state index in [1.165, 1.54) is 33.8 Å². The largest absolute Gasteiger partial charge is 0.417 e. The first-order valence-corrected chi connectivity index (χ1v) is 9.04. The van der Waals surface area contributed by atoms with Crippen LogP contribution in [0.3, 0.4) is 0 Å². The molecule has 1 aromatic heterocycles. The van der Waals surface area contributed by atoms with Crippen LogP contribution in [-0.2, 0) is 18.0 Å². The number of nitrogens with one attached hydrogen (secondary N) is 1. The number of carbonyl (C=O) groups excluding carboxylic acids is 2. The van der Waals surface area contributed by atoms with E-state index < -0.39 is 29.3 Å². The lowest BCUT2D eigenvalue weighted by Crippen LogP contribution is -2.60. The number of carbonyl (C=O) groups is 2. The molecule has 0 radical (unpaired) electrons. The van der Waals surface area contributed by atoms with E-state index >= 15 is 0 Å². The van der Waals surface area contributed by atoms with Gasteiger partial charge in [0.15, 0.2) is 0 Å². The summed E-state index contributed by atoms with van der Waals surface area (Å²) in [5.74, 6) is -0.755. The summed E-state index contributed by atoms with van der Waals surface area (Å²) in [4.78, 5) is 28.3. The van der Waals surface area contributed by atoms with Gasteiger partial charge in [0.25, 0.3) is 5.91 Å². The molecule has 8 nitrogen and oxygen atoms in total. The average Bonchev–Trinajstić information content (AvgIpc) is 3.16. The van der Waals surface area contributed by atoms with Crippen molar-refractivity contribution in [2.75, 3.05) is 31.6 Å². The number of nitriles is 1. The van der Waals surface area contributed by atoms with E-state index in [0.717, 1.165) is 12.1 Å². The zero-order valence-corrected chi connectivity index (χ0v) is 16.3. The molecular weight excluding hydrogens is 401 g/mol. The Bertz CT molecular complexity index is 1010. The molecule has 1 aromatic carbocycles. The lowest BCUT2D eigenvalue weighted by Gasteiger charge is -2.41. The fourth-order valence-corrected chi connectivity index (χ4v) is 3.46. The van der Waals surface area contributed by atoms with Gasteiger partial charge in [-0.2, -0.15) is 23.5 Å². The second kappa shape index (κ2) is 8.06. The maximum Gasteiger partial charge on any atom is 0.417 e. The van der Waals surface area contributed by atoms with Crippen LogP contribution >= 0.6 is 0 Å². The van der Waals surface area contributed by atoms with E-state index in [0.29, 0.717) is 5.69 Å². The highest BCUT2D eigenvalue weighted by Gasteiger charge is 2.38. The van der Waals surface area contributed by atoms with Gasteiger partial charge < -0.3 is 15.1 Å². The first-order chi connectivity index (χ1) is 14.2. The molecular formula is C19H19F3N6O2. The number of aryl methyl sites for hydroxylation is 1. The number of anilines is 1. The van der Waals surface area contributed by atoms with Crippen molar-refractivity contribution >= 4 is 17.5 Å². The highest BCUT2D eigenvalue weighted by molar-refractivity contribution is 5.94. The van der Waals surface area contributed by atoms with Gasteiger partial charge in [-0.25, -0.2) is 0 Å². The minimum atomic E-state index is -4.71. The number of hydrogen-bond donors (Lipinski definition) is 1. The zero-order valence-electron chi connectivity index (χ0n) is 16.3. The van der Waals surface area contributed by atoms with E-state index in [9.17, 15) is 22.8 Å². The molecule has 1 atom stereocenters. The van der Waals surface area contributed by atoms with Crippen molar-refractivity contribution in [2.24, 2.45) is 7.05 Å². The molecule has 1 N–H and O–H groups in total. The highest BCUT2D eigenvalue weighted by Crippen LogP contribution is 2.35. The number of likely N-dealkylation sites (N-methyl/N-ethyl adjacent to an activating group) is 1. The molecule has 0 bridgehead atoms. The van der Waals surface area contributed by atoms with Gasteiger partial charge >= 0.3 is 6.18 Å². The number of benzene rings is 1. The number of hydrogen-bond acceptors (Lipinski definition) is 5. The van der Waals surface area contributed by atoms with Crippen molar-refractivity contribution in [1.29, 1.82) is 5.26 Å². The fraction of sp³-hybridized carbons (Fsp3) is 0.368. The third-order valence-electron chi connectivity index (χ3n) is 5.02. The predicted molar refractivity (Wildman–Crippen MR) is 100 cm³/mol. The number of alkyl halides is 3. The maximum atomic E-state index is 13.4. The standard InChI is InChI=1S/C19H19F3N6O2/c1-24-17(29)16-11-27(18(30)15-5-6-25-26(15)2)7-8-28(16)13-4-3-12(10-23)14(9-13)19(20,21)22/h3-6,9,16H,7-8,11H2,1-2H3,(H,24,29). The Balaban J connectivity index is 1.93. The molecule has 3 rings (SSSR count). The summed E-state index contributed by atoms with van der Waals surface area (Å²) in [6.07, 6.45) is -3.23. The SMILES string of the molecule is CNC(=O)C1CN(C(=O)c2ccnn2C)CCN1c1ccc(C#N)c(C(F)(F)F)c1. The molecule has 1 saturated heterocycles. The third-order valence-corrected chi connectivity index (χ3v) is 5.02. The number of aromatic nitrogens is 2. The summed E-state index contributed by atoms with van der Waals surface area (Å²) in [5, 5.41) is 15.4. The van der Waals surface area contributed by atoms with E-state index in [2.05, 4.69) is 10.4 Å². The van der Waals surface area contributed by atoms with Crippen molar-refractivity contribution in [1.82, 2.24) is 20.0 Å². The lowest BCUT2D eigenvalue weighted by atomic mass is 10.0. The molecule has 2 heterocycles. The van der Waals surface area contributed by atoms with Crippen LogP contribution in [0, 0.1) is 11.3 Å². The highest BCUT2D eigenvalue weighted by atomic mass is 19.4. The Labute approximate surface area is 170 Å². The van der Waals surface area contributed by atoms with Crippen LogP contribution in [0.2, 0.25) is 0 Å². The van der Waals surface area contributed by atoms with Crippen molar-refractivity contribution in [3.05, 3.63) is 47.3 Å². The molecule has 0 saturated carbocycles. The van der Waals surface area contributed by atoms with Crippen molar-refractivity contribution in [3.8, 4) is 6.07 Å². The summed E-state index contributed by atoms with van der Waals surface area (Å²) in [6.45, 7) is 0.342. The minimum absolute atomic E-state index is 0.00889. The summed E-state index contributed by atoms with van der Waals surface area (Å²) in [7, 11) is 3.04. The fourth-order valence-electron chi connectivity index (χ4n) is 3.46. The predicted octanol–water partition coefficient (Wildman–Crippen LogP) is 1.39. The summed E-state index contributed by atoms with van der Waals surface area (Å²) in [6, 6.07) is 5.54. The van der Waals surface area contributed by atoms with Gasteiger partial charge in [-0.15, -0.1) is 0 Å². The van der Waals surface area contributed by atoms with Crippen LogP contribution in [0.4, 0.5) is 18.9 Å². The molecule has 158 valence electrons. The van der Waals surface area contributed by atoms with E-state index in [-0.39, 0.29) is 31.2 Å². The molecule has 0 aliphatic carbocycles. The smallest absolute Gasteiger partial charge is 0.357 e. The molecule has 2 aromatic rings. The minimum Gasteiger partial charge on any atom is -0.357 e. The Hall–Kier alpha value is -3.55. The van der Waals surface area contributed by atoms with Crippen LogP contribution in [-0.4, -0.2) is 59.2 Å². The second-order valence-corrected chi connectivity index (χ2v) is 6.75. The molecule has 1 fully saturated rings. The molecule has 11 heteroatoms. The van der Waals surface area contributed by atoms with Gasteiger partial charge in [0.1, 0.15) is 11.7 Å². The van der Waals surface area contributed by atoms with Crippen LogP contribution in [0.1, 0.15) is 21.6 Å². The molecule has 0 spiro atoms.